The molecule has 0 saturated carbocycles. The highest BCUT2D eigenvalue weighted by atomic mass is 31.2. The van der Waals surface area contributed by atoms with Crippen molar-refractivity contribution in [2.45, 2.75) is 136 Å². The zero-order chi connectivity index (χ0) is 34.0. The van der Waals surface area contributed by atoms with Crippen molar-refractivity contribution in [1.82, 2.24) is 0 Å². The zero-order valence-corrected chi connectivity index (χ0v) is 29.3. The molecule has 0 bridgehead atoms. The molecule has 0 heterocycles. The number of rotatable bonds is 30. The Hall–Kier alpha value is -2.51. The van der Waals surface area contributed by atoms with Crippen molar-refractivity contribution in [3.8, 4) is 0 Å². The molecular formula is C37H61O8P. The van der Waals surface area contributed by atoms with Gasteiger partial charge in [-0.05, 0) is 51.4 Å². The minimum Gasteiger partial charge on any atom is -0.462 e. The predicted octanol–water partition coefficient (Wildman–Crippen LogP) is 9.95. The van der Waals surface area contributed by atoms with Crippen molar-refractivity contribution in [2.24, 2.45) is 0 Å². The summed E-state index contributed by atoms with van der Waals surface area (Å²) in [6.07, 6.45) is 40.7. The summed E-state index contributed by atoms with van der Waals surface area (Å²) in [4.78, 5) is 42.4. The highest BCUT2D eigenvalue weighted by Gasteiger charge is 2.22. The molecule has 8 nitrogen and oxygen atoms in total. The maximum absolute atomic E-state index is 12.3. The van der Waals surface area contributed by atoms with Crippen LogP contribution in [0.15, 0.2) is 72.9 Å². The molecule has 0 aliphatic carbocycles. The van der Waals surface area contributed by atoms with Crippen LogP contribution in [0.3, 0.4) is 0 Å². The van der Waals surface area contributed by atoms with Crippen LogP contribution < -0.4 is 0 Å². The van der Waals surface area contributed by atoms with Gasteiger partial charge in [-0.2, -0.15) is 0 Å². The van der Waals surface area contributed by atoms with E-state index in [1.807, 2.05) is 12.2 Å². The number of hydrogen-bond acceptors (Lipinski definition) is 6. The number of hydrogen-bond donors (Lipinski definition) is 2. The first-order valence-electron chi connectivity index (χ1n) is 17.2. The molecular weight excluding hydrogens is 603 g/mol. The average molecular weight is 665 g/mol. The molecule has 0 amide bonds. The van der Waals surface area contributed by atoms with Crippen LogP contribution in [0.2, 0.25) is 0 Å². The lowest BCUT2D eigenvalue weighted by molar-refractivity contribution is -0.161. The van der Waals surface area contributed by atoms with Gasteiger partial charge in [0.15, 0.2) is 6.10 Å². The zero-order valence-electron chi connectivity index (χ0n) is 28.4. The number of carbonyl (C=O) groups excluding carboxylic acids is 2. The van der Waals surface area contributed by atoms with Gasteiger partial charge in [-0.25, -0.2) is 4.57 Å². The molecule has 0 aliphatic heterocycles. The molecule has 9 heteroatoms. The van der Waals surface area contributed by atoms with Crippen LogP contribution in [0.4, 0.5) is 0 Å². The Labute approximate surface area is 279 Å². The molecule has 46 heavy (non-hydrogen) atoms. The number of ether oxygens (including phenoxy) is 2. The van der Waals surface area contributed by atoms with E-state index >= 15 is 0 Å². The summed E-state index contributed by atoms with van der Waals surface area (Å²) in [7, 11) is -4.77. The smallest absolute Gasteiger partial charge is 0.462 e. The van der Waals surface area contributed by atoms with Gasteiger partial charge in [0.05, 0.1) is 6.61 Å². The molecule has 0 aliphatic rings. The quantitative estimate of drug-likeness (QED) is 0.0337. The molecule has 262 valence electrons. The topological polar surface area (TPSA) is 119 Å². The molecule has 0 fully saturated rings. The first-order valence-corrected chi connectivity index (χ1v) is 18.8. The lowest BCUT2D eigenvalue weighted by Crippen LogP contribution is -2.29. The van der Waals surface area contributed by atoms with Gasteiger partial charge in [0.2, 0.25) is 0 Å². The summed E-state index contributed by atoms with van der Waals surface area (Å²) >= 11 is 0. The Morgan fingerprint density at radius 2 is 1.04 bits per heavy atom. The molecule has 0 spiro atoms. The van der Waals surface area contributed by atoms with Gasteiger partial charge in [-0.3, -0.25) is 14.1 Å². The summed E-state index contributed by atoms with van der Waals surface area (Å²) in [6.45, 7) is 3.45. The third-order valence-corrected chi connectivity index (χ3v) is 7.24. The molecule has 0 aromatic rings. The van der Waals surface area contributed by atoms with Crippen LogP contribution in [-0.2, 0) is 28.2 Å². The lowest BCUT2D eigenvalue weighted by Gasteiger charge is -2.18. The molecule has 1 atom stereocenters. The van der Waals surface area contributed by atoms with Gasteiger partial charge in [-0.1, -0.05) is 138 Å². The Kier molecular flexibility index (Phi) is 30.7. The second-order valence-electron chi connectivity index (χ2n) is 11.1. The van der Waals surface area contributed by atoms with Crippen LogP contribution in [0.1, 0.15) is 129 Å². The first-order chi connectivity index (χ1) is 22.3. The molecule has 0 aromatic heterocycles. The normalized spacial score (nSPS) is 13.4. The largest absolute Gasteiger partial charge is 0.469 e. The number of allylic oxidation sites excluding steroid dienone is 12. The minimum absolute atomic E-state index is 0.0843. The van der Waals surface area contributed by atoms with Gasteiger partial charge < -0.3 is 19.3 Å². The maximum atomic E-state index is 12.3. The van der Waals surface area contributed by atoms with Gasteiger partial charge >= 0.3 is 19.8 Å². The average Bonchev–Trinajstić information content (AvgIpc) is 3.02. The second kappa shape index (κ2) is 32.4. The number of phosphoric ester groups is 1. The van der Waals surface area contributed by atoms with E-state index in [2.05, 4.69) is 79.1 Å². The number of esters is 2. The highest BCUT2D eigenvalue weighted by Crippen LogP contribution is 2.35. The standard InChI is InChI=1S/C37H61O8P/c1-3-5-7-9-11-13-14-15-16-17-18-19-20-21-22-24-26-28-30-32-37(39)45-35(34-44-46(40,41)42)33-43-36(38)31-29-27-25-23-12-10-8-6-4-2/h5,7,11,13,15-16,18-19,21-22,26,28,35H,3-4,6,8-10,12,14,17,20,23-25,27,29-34H2,1-2H3,(H2,40,41,42)/b7-5-,13-11-,16-15-,19-18-,22-21-,28-26-/t35-/m1/s1. The van der Waals surface area contributed by atoms with Crippen LogP contribution >= 0.6 is 7.82 Å². The molecule has 0 rings (SSSR count). The van der Waals surface area contributed by atoms with Crippen molar-refractivity contribution in [3.63, 3.8) is 0 Å². The number of carbonyl (C=O) groups is 2. The lowest BCUT2D eigenvalue weighted by atomic mass is 10.1. The van der Waals surface area contributed by atoms with Crippen molar-refractivity contribution < 1.29 is 37.9 Å². The third kappa shape index (κ3) is 34.4. The molecule has 2 N–H and O–H groups in total. The first kappa shape index (κ1) is 43.5. The van der Waals surface area contributed by atoms with Crippen LogP contribution in [0, 0.1) is 0 Å². The van der Waals surface area contributed by atoms with E-state index in [0.717, 1.165) is 57.8 Å². The second-order valence-corrected chi connectivity index (χ2v) is 12.4. The van der Waals surface area contributed by atoms with Crippen molar-refractivity contribution >= 4 is 19.8 Å². The Bertz CT molecular complexity index is 974. The van der Waals surface area contributed by atoms with E-state index in [1.165, 1.54) is 32.1 Å². The summed E-state index contributed by atoms with van der Waals surface area (Å²) in [5.74, 6) is -0.994. The summed E-state index contributed by atoms with van der Waals surface area (Å²) in [5.41, 5.74) is 0. The van der Waals surface area contributed by atoms with Gasteiger partial charge in [0.1, 0.15) is 6.61 Å². The van der Waals surface area contributed by atoms with Crippen molar-refractivity contribution in [2.75, 3.05) is 13.2 Å². The SMILES string of the molecule is CC/C=C\C/C=C\C/C=C\C/C=C\C/C=C\C/C=C\CCC(=O)O[C@H](COC(=O)CCCCCCCCCCC)COP(=O)(O)O. The van der Waals surface area contributed by atoms with Gasteiger partial charge in [0.25, 0.3) is 0 Å². The van der Waals surface area contributed by atoms with Crippen LogP contribution in [-0.4, -0.2) is 41.0 Å². The van der Waals surface area contributed by atoms with Crippen LogP contribution in [0.5, 0.6) is 0 Å². The maximum Gasteiger partial charge on any atom is 0.469 e. The van der Waals surface area contributed by atoms with E-state index in [9.17, 15) is 14.2 Å². The fourth-order valence-corrected chi connectivity index (χ4v) is 4.58. The predicted molar refractivity (Wildman–Crippen MR) is 188 cm³/mol. The summed E-state index contributed by atoms with van der Waals surface area (Å²) < 4.78 is 26.1. The van der Waals surface area contributed by atoms with E-state index in [1.54, 1.807) is 0 Å². The fourth-order valence-electron chi connectivity index (χ4n) is 4.22. The van der Waals surface area contributed by atoms with E-state index in [-0.39, 0.29) is 19.4 Å². The number of phosphoric acid groups is 1. The molecule has 0 aromatic carbocycles. The van der Waals surface area contributed by atoms with Crippen molar-refractivity contribution in [3.05, 3.63) is 72.9 Å². The Morgan fingerprint density at radius 3 is 1.52 bits per heavy atom. The molecule has 0 unspecified atom stereocenters. The highest BCUT2D eigenvalue weighted by molar-refractivity contribution is 7.46. The van der Waals surface area contributed by atoms with E-state index in [4.69, 9.17) is 19.3 Å². The van der Waals surface area contributed by atoms with Crippen LogP contribution in [0.25, 0.3) is 0 Å². The third-order valence-electron chi connectivity index (χ3n) is 6.75. The summed E-state index contributed by atoms with van der Waals surface area (Å²) in [5, 5.41) is 0. The van der Waals surface area contributed by atoms with E-state index in [0.29, 0.717) is 12.8 Å². The Balaban J connectivity index is 4.17. The van der Waals surface area contributed by atoms with Crippen molar-refractivity contribution in [1.29, 1.82) is 0 Å². The number of unbranched alkanes of at least 4 members (excludes halogenated alkanes) is 8. The molecule has 0 radical (unpaired) electrons. The fraction of sp³-hybridized carbons (Fsp3) is 0.622. The minimum atomic E-state index is -4.77. The Morgan fingerprint density at radius 1 is 0.587 bits per heavy atom. The van der Waals surface area contributed by atoms with E-state index < -0.39 is 32.5 Å². The van der Waals surface area contributed by atoms with Gasteiger partial charge in [0, 0.05) is 12.8 Å². The van der Waals surface area contributed by atoms with Gasteiger partial charge in [-0.15, -0.1) is 0 Å². The molecule has 0 saturated heterocycles. The summed E-state index contributed by atoms with van der Waals surface area (Å²) in [6, 6.07) is 0. The monoisotopic (exact) mass is 664 g/mol.